The SMILES string of the molecule is CCOC(=O)c1ccc(NC(=O)c2cncc(Br)c2)cc1.Cl. The first kappa shape index (κ1) is 18.1. The third-order valence-corrected chi connectivity index (χ3v) is 3.05. The molecule has 0 radical (unpaired) electrons. The Hall–Kier alpha value is -1.92. The minimum atomic E-state index is -0.383. The fourth-order valence-electron chi connectivity index (χ4n) is 1.64. The summed E-state index contributed by atoms with van der Waals surface area (Å²) in [6.45, 7) is 2.08. The highest BCUT2D eigenvalue weighted by molar-refractivity contribution is 9.10. The Bertz CT molecular complexity index is 662. The molecule has 2 rings (SSSR count). The van der Waals surface area contributed by atoms with E-state index < -0.39 is 0 Å². The first-order chi connectivity index (χ1) is 10.1. The molecule has 1 N–H and O–H groups in total. The predicted molar refractivity (Wildman–Crippen MR) is 89.5 cm³/mol. The lowest BCUT2D eigenvalue weighted by Gasteiger charge is -2.06. The summed E-state index contributed by atoms with van der Waals surface area (Å²) in [5, 5.41) is 2.73. The van der Waals surface area contributed by atoms with Crippen LogP contribution in [-0.4, -0.2) is 23.5 Å². The van der Waals surface area contributed by atoms with Gasteiger partial charge in [-0.05, 0) is 53.2 Å². The van der Waals surface area contributed by atoms with Crippen molar-refractivity contribution in [3.63, 3.8) is 0 Å². The van der Waals surface area contributed by atoms with Crippen LogP contribution in [-0.2, 0) is 4.74 Å². The first-order valence-corrected chi connectivity index (χ1v) is 7.08. The topological polar surface area (TPSA) is 68.3 Å². The number of hydrogen-bond donors (Lipinski definition) is 1. The van der Waals surface area contributed by atoms with Crippen molar-refractivity contribution in [1.82, 2.24) is 4.98 Å². The maximum Gasteiger partial charge on any atom is 0.338 e. The number of carbonyl (C=O) groups excluding carboxylic acids is 2. The third kappa shape index (κ3) is 4.82. The molecule has 1 heterocycles. The van der Waals surface area contributed by atoms with E-state index in [0.29, 0.717) is 23.4 Å². The Labute approximate surface area is 142 Å². The molecule has 0 aliphatic heterocycles. The largest absolute Gasteiger partial charge is 0.462 e. The fourth-order valence-corrected chi connectivity index (χ4v) is 2.01. The van der Waals surface area contributed by atoms with E-state index in [1.165, 1.54) is 6.20 Å². The van der Waals surface area contributed by atoms with Gasteiger partial charge in [0.25, 0.3) is 5.91 Å². The van der Waals surface area contributed by atoms with Gasteiger partial charge >= 0.3 is 5.97 Å². The Morgan fingerprint density at radius 2 is 1.86 bits per heavy atom. The number of rotatable bonds is 4. The second-order valence-electron chi connectivity index (χ2n) is 4.14. The summed E-state index contributed by atoms with van der Waals surface area (Å²) in [6, 6.07) is 8.18. The lowest BCUT2D eigenvalue weighted by molar-refractivity contribution is 0.0526. The number of pyridine rings is 1. The summed E-state index contributed by atoms with van der Waals surface area (Å²) in [6.07, 6.45) is 3.08. The Morgan fingerprint density at radius 1 is 1.18 bits per heavy atom. The van der Waals surface area contributed by atoms with Gasteiger partial charge < -0.3 is 10.1 Å². The van der Waals surface area contributed by atoms with Gasteiger partial charge in [-0.15, -0.1) is 12.4 Å². The van der Waals surface area contributed by atoms with Gasteiger partial charge in [0.05, 0.1) is 17.7 Å². The van der Waals surface area contributed by atoms with Crippen LogP contribution in [0.5, 0.6) is 0 Å². The highest BCUT2D eigenvalue weighted by Crippen LogP contribution is 2.14. The smallest absolute Gasteiger partial charge is 0.338 e. The fraction of sp³-hybridized carbons (Fsp3) is 0.133. The molecule has 0 bridgehead atoms. The lowest BCUT2D eigenvalue weighted by Crippen LogP contribution is -2.12. The zero-order valence-electron chi connectivity index (χ0n) is 11.7. The molecule has 22 heavy (non-hydrogen) atoms. The average molecular weight is 386 g/mol. The van der Waals surface area contributed by atoms with E-state index in [2.05, 4.69) is 26.2 Å². The lowest BCUT2D eigenvalue weighted by atomic mass is 10.2. The van der Waals surface area contributed by atoms with Crippen LogP contribution < -0.4 is 5.32 Å². The van der Waals surface area contributed by atoms with Crippen molar-refractivity contribution in [2.45, 2.75) is 6.92 Å². The van der Waals surface area contributed by atoms with Crippen LogP contribution >= 0.6 is 28.3 Å². The highest BCUT2D eigenvalue weighted by Gasteiger charge is 2.09. The van der Waals surface area contributed by atoms with Crippen molar-refractivity contribution >= 4 is 45.9 Å². The molecule has 1 aromatic heterocycles. The average Bonchev–Trinajstić information content (AvgIpc) is 2.48. The van der Waals surface area contributed by atoms with Gasteiger partial charge in [0.2, 0.25) is 0 Å². The second kappa shape index (κ2) is 8.51. The van der Waals surface area contributed by atoms with Crippen molar-refractivity contribution in [3.8, 4) is 0 Å². The molecule has 0 saturated heterocycles. The van der Waals surface area contributed by atoms with Crippen LogP contribution in [0.2, 0.25) is 0 Å². The number of carbonyl (C=O) groups is 2. The summed E-state index contributed by atoms with van der Waals surface area (Å²) in [5.41, 5.74) is 1.48. The van der Waals surface area contributed by atoms with Crippen LogP contribution in [0.3, 0.4) is 0 Å². The number of nitrogens with zero attached hydrogens (tertiary/aromatic N) is 1. The van der Waals surface area contributed by atoms with Crippen molar-refractivity contribution < 1.29 is 14.3 Å². The number of anilines is 1. The number of nitrogens with one attached hydrogen (secondary N) is 1. The molecular formula is C15H14BrClN2O3. The maximum absolute atomic E-state index is 12.0. The molecule has 7 heteroatoms. The van der Waals surface area contributed by atoms with Crippen LogP contribution in [0.15, 0.2) is 47.2 Å². The van der Waals surface area contributed by atoms with E-state index in [0.717, 1.165) is 4.47 Å². The number of amides is 1. The Morgan fingerprint density at radius 3 is 2.45 bits per heavy atom. The van der Waals surface area contributed by atoms with E-state index in [9.17, 15) is 9.59 Å². The zero-order valence-corrected chi connectivity index (χ0v) is 14.1. The molecule has 0 saturated carbocycles. The zero-order chi connectivity index (χ0) is 15.2. The van der Waals surface area contributed by atoms with Gasteiger partial charge in [0, 0.05) is 22.6 Å². The van der Waals surface area contributed by atoms with Crippen LogP contribution in [0, 0.1) is 0 Å². The molecule has 2 aromatic rings. The highest BCUT2D eigenvalue weighted by atomic mass is 79.9. The van der Waals surface area contributed by atoms with Gasteiger partial charge in [-0.2, -0.15) is 0 Å². The van der Waals surface area contributed by atoms with E-state index in [1.54, 1.807) is 43.5 Å². The van der Waals surface area contributed by atoms with E-state index in [-0.39, 0.29) is 24.3 Å². The quantitative estimate of drug-likeness (QED) is 0.815. The van der Waals surface area contributed by atoms with E-state index >= 15 is 0 Å². The Kier molecular flexibility index (Phi) is 7.01. The molecule has 5 nitrogen and oxygen atoms in total. The van der Waals surface area contributed by atoms with Crippen LogP contribution in [0.25, 0.3) is 0 Å². The number of hydrogen-bond acceptors (Lipinski definition) is 4. The van der Waals surface area contributed by atoms with Crippen LogP contribution in [0.1, 0.15) is 27.6 Å². The summed E-state index contributed by atoms with van der Waals surface area (Å²) in [5.74, 6) is -0.653. The molecule has 0 aliphatic rings. The van der Waals surface area contributed by atoms with Gasteiger partial charge in [-0.25, -0.2) is 4.79 Å². The molecule has 0 spiro atoms. The van der Waals surface area contributed by atoms with Crippen molar-refractivity contribution in [3.05, 3.63) is 58.3 Å². The molecule has 1 aromatic carbocycles. The number of aromatic nitrogens is 1. The van der Waals surface area contributed by atoms with Crippen molar-refractivity contribution in [2.75, 3.05) is 11.9 Å². The van der Waals surface area contributed by atoms with Crippen molar-refractivity contribution in [2.24, 2.45) is 0 Å². The van der Waals surface area contributed by atoms with Crippen molar-refractivity contribution in [1.29, 1.82) is 0 Å². The maximum atomic E-state index is 12.0. The third-order valence-electron chi connectivity index (χ3n) is 2.62. The van der Waals surface area contributed by atoms with Gasteiger partial charge in [0.1, 0.15) is 0 Å². The number of ether oxygens (including phenoxy) is 1. The molecule has 0 atom stereocenters. The monoisotopic (exact) mass is 384 g/mol. The molecule has 0 fully saturated rings. The first-order valence-electron chi connectivity index (χ1n) is 6.29. The minimum Gasteiger partial charge on any atom is -0.462 e. The summed E-state index contributed by atoms with van der Waals surface area (Å²) in [4.78, 5) is 27.5. The van der Waals surface area contributed by atoms with E-state index in [4.69, 9.17) is 4.74 Å². The number of halogens is 2. The van der Waals surface area contributed by atoms with Gasteiger partial charge in [-0.3, -0.25) is 9.78 Å². The second-order valence-corrected chi connectivity index (χ2v) is 5.06. The standard InChI is InChI=1S/C15H13BrN2O3.ClH/c1-2-21-15(20)10-3-5-13(6-4-10)18-14(19)11-7-12(16)9-17-8-11;/h3-9H,2H2,1H3,(H,18,19);1H. The molecule has 0 aliphatic carbocycles. The molecule has 1 amide bonds. The minimum absolute atomic E-state index is 0. The molecule has 116 valence electrons. The van der Waals surface area contributed by atoms with Gasteiger partial charge in [0.15, 0.2) is 0 Å². The molecule has 0 unspecified atom stereocenters. The predicted octanol–water partition coefficient (Wildman–Crippen LogP) is 3.69. The van der Waals surface area contributed by atoms with E-state index in [1.807, 2.05) is 0 Å². The van der Waals surface area contributed by atoms with Crippen LogP contribution in [0.4, 0.5) is 5.69 Å². The normalized spacial score (nSPS) is 9.55. The molecular weight excluding hydrogens is 372 g/mol. The summed E-state index contributed by atoms with van der Waals surface area (Å²) in [7, 11) is 0. The summed E-state index contributed by atoms with van der Waals surface area (Å²) < 4.78 is 5.62. The Balaban J connectivity index is 0.00000242. The number of esters is 1. The van der Waals surface area contributed by atoms with Gasteiger partial charge in [-0.1, -0.05) is 0 Å². The number of benzene rings is 1. The summed E-state index contributed by atoms with van der Waals surface area (Å²) >= 11 is 3.26.